The van der Waals surface area contributed by atoms with Gasteiger partial charge in [0.05, 0.1) is 0 Å². The van der Waals surface area contributed by atoms with Crippen LogP contribution in [-0.4, -0.2) is 24.6 Å². The number of hydrogen-bond acceptors (Lipinski definition) is 4. The number of carbonyl (C=O) groups excluding carboxylic acids is 2. The van der Waals surface area contributed by atoms with E-state index in [1.807, 2.05) is 13.0 Å². The van der Waals surface area contributed by atoms with Crippen molar-refractivity contribution in [2.75, 3.05) is 6.61 Å². The van der Waals surface area contributed by atoms with Crippen LogP contribution in [0.4, 0.5) is 0 Å². The Morgan fingerprint density at radius 2 is 1.73 bits per heavy atom. The highest BCUT2D eigenvalue weighted by molar-refractivity contribution is 5.66. The van der Waals surface area contributed by atoms with Gasteiger partial charge in [-0.1, -0.05) is 23.8 Å². The summed E-state index contributed by atoms with van der Waals surface area (Å²) in [5.74, 6) is -0.683. The Morgan fingerprint density at radius 3 is 2.23 bits per heavy atom. The molecule has 0 bridgehead atoms. The third-order valence-corrected chi connectivity index (χ3v) is 2.85. The van der Waals surface area contributed by atoms with E-state index < -0.39 is 0 Å². The second-order valence-electron chi connectivity index (χ2n) is 5.72. The van der Waals surface area contributed by atoms with Gasteiger partial charge in [-0.2, -0.15) is 0 Å². The molecule has 0 aliphatic carbocycles. The summed E-state index contributed by atoms with van der Waals surface area (Å²) >= 11 is 0. The van der Waals surface area contributed by atoms with E-state index in [9.17, 15) is 9.59 Å². The van der Waals surface area contributed by atoms with Crippen molar-refractivity contribution < 1.29 is 19.1 Å². The van der Waals surface area contributed by atoms with Crippen molar-refractivity contribution in [3.63, 3.8) is 0 Å². The second-order valence-corrected chi connectivity index (χ2v) is 5.72. The zero-order valence-electron chi connectivity index (χ0n) is 14.4. The summed E-state index contributed by atoms with van der Waals surface area (Å²) in [6.07, 6.45) is 6.09. The monoisotopic (exact) mass is 308 g/mol. The number of rotatable bonds is 9. The van der Waals surface area contributed by atoms with E-state index >= 15 is 0 Å². The highest BCUT2D eigenvalue weighted by Crippen LogP contribution is 2.15. The molecule has 0 aromatic carbocycles. The quantitative estimate of drug-likeness (QED) is 0.475. The average Bonchev–Trinajstić information content (AvgIpc) is 2.34. The Kier molecular flexibility index (Phi) is 9.92. The maximum atomic E-state index is 11.2. The molecule has 22 heavy (non-hydrogen) atoms. The number of ether oxygens (including phenoxy) is 2. The molecular weight excluding hydrogens is 280 g/mol. The molecule has 0 aromatic rings. The third kappa shape index (κ3) is 11.9. The van der Waals surface area contributed by atoms with Crippen LogP contribution in [0.1, 0.15) is 53.9 Å². The molecule has 0 rings (SSSR count). The smallest absolute Gasteiger partial charge is 0.303 e. The molecule has 124 valence electrons. The van der Waals surface area contributed by atoms with Crippen molar-refractivity contribution in [1.82, 2.24) is 0 Å². The summed E-state index contributed by atoms with van der Waals surface area (Å²) in [5, 5.41) is 0. The molecule has 1 atom stereocenters. The Balaban J connectivity index is 4.61. The minimum Gasteiger partial charge on any atom is -0.461 e. The van der Waals surface area contributed by atoms with Gasteiger partial charge in [0.15, 0.2) is 0 Å². The van der Waals surface area contributed by atoms with E-state index in [2.05, 4.69) is 26.5 Å². The van der Waals surface area contributed by atoms with Crippen LogP contribution in [0.5, 0.6) is 0 Å². The first kappa shape index (κ1) is 20.2. The molecule has 0 saturated carbocycles. The largest absolute Gasteiger partial charge is 0.461 e. The van der Waals surface area contributed by atoms with Crippen molar-refractivity contribution in [2.24, 2.45) is 0 Å². The third-order valence-electron chi connectivity index (χ3n) is 2.85. The highest BCUT2D eigenvalue weighted by Gasteiger charge is 2.12. The molecule has 0 unspecified atom stereocenters. The molecule has 0 aromatic heterocycles. The maximum Gasteiger partial charge on any atom is 0.303 e. The lowest BCUT2D eigenvalue weighted by Gasteiger charge is -2.16. The van der Waals surface area contributed by atoms with Crippen LogP contribution < -0.4 is 0 Å². The molecule has 0 heterocycles. The zero-order valence-corrected chi connectivity index (χ0v) is 14.4. The van der Waals surface area contributed by atoms with Gasteiger partial charge in [0.2, 0.25) is 0 Å². The molecular formula is C18H28O4. The van der Waals surface area contributed by atoms with Gasteiger partial charge in [0.1, 0.15) is 12.7 Å². The number of allylic oxidation sites excluding steroid dienone is 3. The molecule has 0 spiro atoms. The van der Waals surface area contributed by atoms with Crippen LogP contribution in [0.2, 0.25) is 0 Å². The van der Waals surface area contributed by atoms with Crippen molar-refractivity contribution in [1.29, 1.82) is 0 Å². The summed E-state index contributed by atoms with van der Waals surface area (Å²) in [4.78, 5) is 22.0. The Labute approximate surface area is 133 Å². The molecule has 0 radical (unpaired) electrons. The van der Waals surface area contributed by atoms with Crippen molar-refractivity contribution in [2.45, 2.75) is 60.0 Å². The van der Waals surface area contributed by atoms with Gasteiger partial charge in [0.25, 0.3) is 0 Å². The van der Waals surface area contributed by atoms with E-state index in [-0.39, 0.29) is 24.6 Å². The topological polar surface area (TPSA) is 52.6 Å². The Hall–Kier alpha value is -1.84. The number of carbonyl (C=O) groups is 2. The SMILES string of the molecule is C=C(COC(C)=O)C[C@H](/C=C(/C)CCC=C(C)C)OC(C)=O. The average molecular weight is 308 g/mol. The fourth-order valence-corrected chi connectivity index (χ4v) is 1.88. The standard InChI is InChI=1S/C18H28O4/c1-13(2)8-7-9-14(3)10-18(22-17(6)20)11-15(4)12-21-16(5)19/h8,10,18H,4,7,9,11-12H2,1-3,5-6H3/b14-10-/t18-/m0/s1. The van der Waals surface area contributed by atoms with Crippen LogP contribution in [0.25, 0.3) is 0 Å². The van der Waals surface area contributed by atoms with E-state index in [4.69, 9.17) is 9.47 Å². The predicted octanol–water partition coefficient (Wildman–Crippen LogP) is 4.12. The number of esters is 2. The van der Waals surface area contributed by atoms with Crippen LogP contribution >= 0.6 is 0 Å². The number of hydrogen-bond donors (Lipinski definition) is 0. The fourth-order valence-electron chi connectivity index (χ4n) is 1.88. The molecule has 0 saturated heterocycles. The van der Waals surface area contributed by atoms with Gasteiger partial charge in [0, 0.05) is 20.3 Å². The van der Waals surface area contributed by atoms with Crippen molar-refractivity contribution >= 4 is 11.9 Å². The normalized spacial score (nSPS) is 12.3. The Bertz CT molecular complexity index is 454. The molecule has 0 fully saturated rings. The Morgan fingerprint density at radius 1 is 1.09 bits per heavy atom. The molecule has 4 heteroatoms. The van der Waals surface area contributed by atoms with Gasteiger partial charge in [-0.05, 0) is 45.3 Å². The first-order chi connectivity index (χ1) is 10.2. The van der Waals surface area contributed by atoms with E-state index in [0.29, 0.717) is 6.42 Å². The van der Waals surface area contributed by atoms with Crippen LogP contribution in [0, 0.1) is 0 Å². The summed E-state index contributed by atoms with van der Waals surface area (Å²) < 4.78 is 10.2. The van der Waals surface area contributed by atoms with E-state index in [1.54, 1.807) is 0 Å². The lowest BCUT2D eigenvalue weighted by atomic mass is 10.0. The highest BCUT2D eigenvalue weighted by atomic mass is 16.5. The predicted molar refractivity (Wildman–Crippen MR) is 88.4 cm³/mol. The molecule has 0 amide bonds. The summed E-state index contributed by atoms with van der Waals surface area (Å²) in [6, 6.07) is 0. The van der Waals surface area contributed by atoms with Crippen molar-refractivity contribution in [3.8, 4) is 0 Å². The summed E-state index contributed by atoms with van der Waals surface area (Å²) in [6.45, 7) is 12.9. The van der Waals surface area contributed by atoms with Gasteiger partial charge >= 0.3 is 11.9 Å². The zero-order chi connectivity index (χ0) is 17.1. The minimum absolute atomic E-state index is 0.151. The summed E-state index contributed by atoms with van der Waals surface area (Å²) in [5.41, 5.74) is 3.16. The van der Waals surface area contributed by atoms with Gasteiger partial charge in [-0.15, -0.1) is 0 Å². The lowest BCUT2D eigenvalue weighted by Crippen LogP contribution is -2.17. The van der Waals surface area contributed by atoms with Gasteiger partial charge in [-0.3, -0.25) is 9.59 Å². The molecule has 0 aliphatic heterocycles. The minimum atomic E-state index is -0.368. The summed E-state index contributed by atoms with van der Waals surface area (Å²) in [7, 11) is 0. The molecule has 0 N–H and O–H groups in total. The van der Waals surface area contributed by atoms with Crippen LogP contribution in [0.15, 0.2) is 35.5 Å². The first-order valence-corrected chi connectivity index (χ1v) is 7.48. The molecule has 0 aliphatic rings. The first-order valence-electron chi connectivity index (χ1n) is 7.48. The molecule has 4 nitrogen and oxygen atoms in total. The van der Waals surface area contributed by atoms with Gasteiger partial charge < -0.3 is 9.47 Å². The van der Waals surface area contributed by atoms with Crippen LogP contribution in [-0.2, 0) is 19.1 Å². The van der Waals surface area contributed by atoms with Crippen LogP contribution in [0.3, 0.4) is 0 Å². The fraction of sp³-hybridized carbons (Fsp3) is 0.556. The van der Waals surface area contributed by atoms with E-state index in [1.165, 1.54) is 19.4 Å². The van der Waals surface area contributed by atoms with Gasteiger partial charge in [-0.25, -0.2) is 0 Å². The lowest BCUT2D eigenvalue weighted by molar-refractivity contribution is -0.145. The maximum absolute atomic E-state index is 11.2. The van der Waals surface area contributed by atoms with Crippen molar-refractivity contribution in [3.05, 3.63) is 35.5 Å². The van der Waals surface area contributed by atoms with E-state index in [0.717, 1.165) is 24.0 Å². The second kappa shape index (κ2) is 10.8.